The average Bonchev–Trinajstić information content (AvgIpc) is 3.61. The number of benzene rings is 4. The van der Waals surface area contributed by atoms with Crippen LogP contribution in [0.15, 0.2) is 90.9 Å². The Morgan fingerprint density at radius 1 is 0.982 bits per heavy atom. The molecule has 1 aromatic heterocycles. The minimum atomic E-state index is -4.19. The lowest BCUT2D eigenvalue weighted by molar-refractivity contribution is -0.143. The second-order valence-electron chi connectivity index (χ2n) is 13.6. The molecule has 0 radical (unpaired) electrons. The molecule has 0 N–H and O–H groups in total. The van der Waals surface area contributed by atoms with E-state index < -0.39 is 16.2 Å². The Hall–Kier alpha value is -4.95. The summed E-state index contributed by atoms with van der Waals surface area (Å²) in [6, 6.07) is 25.0. The minimum Gasteiger partial charge on any atom is -0.497 e. The topological polar surface area (TPSA) is 131 Å². The van der Waals surface area contributed by atoms with E-state index >= 15 is 0 Å². The van der Waals surface area contributed by atoms with Gasteiger partial charge in [-0.1, -0.05) is 77.5 Å². The van der Waals surface area contributed by atoms with E-state index in [2.05, 4.69) is 10.3 Å². The standard InChI is InChI=1S/C42H47ClN4O8S/c1-5-53-39(48)25-37(36-17-18-38-42(30(36)3)44-45-47(38)20-9-10-22-52-27-32-13-15-35(51-4)16-14-32)33-23-29(2)41(43)34(24-33)26-46-21-19-40(55-56(46,49)50)54-28-31-11-7-6-8-12-31/h6-8,11-19,23-24,37H,5,9-10,20-22,25-28H2,1-4H3. The molecule has 0 saturated heterocycles. The fraction of sp³-hybridized carbons (Fsp3) is 0.357. The van der Waals surface area contributed by atoms with E-state index in [1.54, 1.807) is 20.1 Å². The second kappa shape index (κ2) is 18.8. The highest BCUT2D eigenvalue weighted by atomic mass is 35.5. The molecule has 5 aromatic rings. The molecular formula is C42H47ClN4O8S. The van der Waals surface area contributed by atoms with Crippen LogP contribution in [-0.2, 0) is 59.8 Å². The third kappa shape index (κ3) is 10.1. The van der Waals surface area contributed by atoms with Crippen molar-refractivity contribution in [2.24, 2.45) is 0 Å². The van der Waals surface area contributed by atoms with Crippen LogP contribution >= 0.6 is 11.6 Å². The van der Waals surface area contributed by atoms with Gasteiger partial charge in [0.2, 0.25) is 0 Å². The van der Waals surface area contributed by atoms with Crippen LogP contribution in [0, 0.1) is 13.8 Å². The van der Waals surface area contributed by atoms with Crippen molar-refractivity contribution < 1.29 is 36.3 Å². The van der Waals surface area contributed by atoms with E-state index in [0.717, 1.165) is 63.0 Å². The van der Waals surface area contributed by atoms with E-state index in [1.807, 2.05) is 97.4 Å². The number of carbonyl (C=O) groups is 1. The summed E-state index contributed by atoms with van der Waals surface area (Å²) in [7, 11) is -2.54. The average molecular weight is 803 g/mol. The second-order valence-corrected chi connectivity index (χ2v) is 15.5. The van der Waals surface area contributed by atoms with Crippen LogP contribution in [0.25, 0.3) is 11.0 Å². The quantitative estimate of drug-likeness (QED) is 0.0636. The zero-order chi connectivity index (χ0) is 39.7. The summed E-state index contributed by atoms with van der Waals surface area (Å²) in [5.74, 6) is -0.0529. The van der Waals surface area contributed by atoms with Gasteiger partial charge in [0.25, 0.3) is 5.95 Å². The maximum absolute atomic E-state index is 13.3. The number of aromatic nitrogens is 3. The highest BCUT2D eigenvalue weighted by Gasteiger charge is 2.32. The van der Waals surface area contributed by atoms with Gasteiger partial charge in [0.15, 0.2) is 0 Å². The first-order chi connectivity index (χ1) is 27.1. The van der Waals surface area contributed by atoms with Gasteiger partial charge in [-0.05, 0) is 90.8 Å². The summed E-state index contributed by atoms with van der Waals surface area (Å²) in [4.78, 5) is 13.1. The molecule has 2 heterocycles. The van der Waals surface area contributed by atoms with Crippen LogP contribution in [0.5, 0.6) is 5.75 Å². The largest absolute Gasteiger partial charge is 0.497 e. The number of unbranched alkanes of at least 4 members (excludes halogenated alkanes) is 1. The van der Waals surface area contributed by atoms with Crippen LogP contribution in [0.1, 0.15) is 71.0 Å². The predicted molar refractivity (Wildman–Crippen MR) is 213 cm³/mol. The first-order valence-electron chi connectivity index (χ1n) is 18.6. The van der Waals surface area contributed by atoms with Gasteiger partial charge in [0.1, 0.15) is 17.9 Å². The van der Waals surface area contributed by atoms with Crippen molar-refractivity contribution in [2.45, 2.75) is 72.3 Å². The predicted octanol–water partition coefficient (Wildman–Crippen LogP) is 7.93. The summed E-state index contributed by atoms with van der Waals surface area (Å²) in [6.45, 7) is 7.83. The fourth-order valence-electron chi connectivity index (χ4n) is 6.69. The Bertz CT molecular complexity index is 2260. The number of fused-ring (bicyclic) bond motifs is 1. The first-order valence-corrected chi connectivity index (χ1v) is 20.3. The molecule has 1 aliphatic rings. The molecule has 6 rings (SSSR count). The Balaban J connectivity index is 1.17. The van der Waals surface area contributed by atoms with E-state index in [1.165, 1.54) is 4.31 Å². The molecule has 14 heteroatoms. The molecule has 0 spiro atoms. The molecule has 1 unspecified atom stereocenters. The number of aryl methyl sites for hydroxylation is 3. The molecule has 0 saturated carbocycles. The summed E-state index contributed by atoms with van der Waals surface area (Å²) in [6.07, 6.45) is 3.36. The van der Waals surface area contributed by atoms with Crippen molar-refractivity contribution in [1.29, 1.82) is 0 Å². The highest BCUT2D eigenvalue weighted by molar-refractivity contribution is 7.84. The lowest BCUT2D eigenvalue weighted by atomic mass is 9.84. The van der Waals surface area contributed by atoms with Crippen molar-refractivity contribution in [3.63, 3.8) is 0 Å². The number of carbonyl (C=O) groups excluding carboxylic acids is 1. The summed E-state index contributed by atoms with van der Waals surface area (Å²) >= 11 is 6.82. The Labute approximate surface area is 333 Å². The highest BCUT2D eigenvalue weighted by Crippen LogP contribution is 2.37. The van der Waals surface area contributed by atoms with Crippen LogP contribution in [0.4, 0.5) is 0 Å². The Morgan fingerprint density at radius 2 is 1.75 bits per heavy atom. The molecule has 296 valence electrons. The summed E-state index contributed by atoms with van der Waals surface area (Å²) in [5.41, 5.74) is 7.48. The number of hydrogen-bond donors (Lipinski definition) is 0. The lowest BCUT2D eigenvalue weighted by Crippen LogP contribution is -2.36. The molecule has 1 aliphatic heterocycles. The normalized spacial score (nSPS) is 14.6. The number of halogens is 1. The number of ether oxygens (including phenoxy) is 4. The number of methoxy groups -OCH3 is 1. The monoisotopic (exact) mass is 802 g/mol. The summed E-state index contributed by atoms with van der Waals surface area (Å²) < 4.78 is 57.1. The number of nitrogens with zero attached hydrogens (tertiary/aromatic N) is 4. The number of rotatable bonds is 18. The van der Waals surface area contributed by atoms with Gasteiger partial charge in [-0.3, -0.25) is 4.79 Å². The molecular weight excluding hydrogens is 756 g/mol. The van der Waals surface area contributed by atoms with Gasteiger partial charge in [-0.25, -0.2) is 4.68 Å². The molecule has 12 nitrogen and oxygen atoms in total. The van der Waals surface area contributed by atoms with Crippen molar-refractivity contribution in [1.82, 2.24) is 19.3 Å². The van der Waals surface area contributed by atoms with Gasteiger partial charge in [0, 0.05) is 43.3 Å². The van der Waals surface area contributed by atoms with E-state index in [4.69, 9.17) is 34.7 Å². The number of esters is 1. The molecule has 0 aliphatic carbocycles. The summed E-state index contributed by atoms with van der Waals surface area (Å²) in [5, 5.41) is 9.44. The van der Waals surface area contributed by atoms with Gasteiger partial charge >= 0.3 is 16.3 Å². The Morgan fingerprint density at radius 3 is 2.48 bits per heavy atom. The van der Waals surface area contributed by atoms with Crippen LogP contribution in [0.2, 0.25) is 5.02 Å². The Kier molecular flexibility index (Phi) is 13.7. The molecule has 0 bridgehead atoms. The lowest BCUT2D eigenvalue weighted by Gasteiger charge is -2.27. The van der Waals surface area contributed by atoms with Crippen LogP contribution in [0.3, 0.4) is 0 Å². The molecule has 0 amide bonds. The molecule has 4 aromatic carbocycles. The zero-order valence-corrected chi connectivity index (χ0v) is 33.6. The van der Waals surface area contributed by atoms with Gasteiger partial charge in [-0.15, -0.1) is 5.10 Å². The number of hydrogen-bond acceptors (Lipinski definition) is 10. The maximum Gasteiger partial charge on any atom is 0.388 e. The van der Waals surface area contributed by atoms with Crippen molar-refractivity contribution in [3.8, 4) is 5.75 Å². The van der Waals surface area contributed by atoms with Gasteiger partial charge in [-0.2, -0.15) is 12.7 Å². The zero-order valence-electron chi connectivity index (χ0n) is 32.1. The molecule has 56 heavy (non-hydrogen) atoms. The van der Waals surface area contributed by atoms with E-state index in [9.17, 15) is 13.2 Å². The van der Waals surface area contributed by atoms with E-state index in [-0.39, 0.29) is 44.6 Å². The van der Waals surface area contributed by atoms with Crippen LogP contribution in [-0.4, -0.2) is 60.6 Å². The fourth-order valence-corrected chi connectivity index (χ4v) is 7.84. The maximum atomic E-state index is 13.3. The van der Waals surface area contributed by atoms with Crippen molar-refractivity contribution >= 4 is 38.9 Å². The van der Waals surface area contributed by atoms with Gasteiger partial charge in [0.05, 0.1) is 32.3 Å². The SMILES string of the molecule is CCOC(=O)CC(c1cc(C)c(Cl)c(CN2CC=C(OCc3ccccc3)OS2(=O)=O)c1)c1ccc2c(nnn2CCCCOCc2ccc(OC)cc2)c1C. The third-order valence-electron chi connectivity index (χ3n) is 9.66. The molecule has 0 fully saturated rings. The van der Waals surface area contributed by atoms with Crippen molar-refractivity contribution in [2.75, 3.05) is 26.9 Å². The van der Waals surface area contributed by atoms with Crippen molar-refractivity contribution in [3.05, 3.63) is 135 Å². The minimum absolute atomic E-state index is 0.0282. The molecule has 1 atom stereocenters. The van der Waals surface area contributed by atoms with E-state index in [0.29, 0.717) is 30.3 Å². The third-order valence-corrected chi connectivity index (χ3v) is 11.5. The van der Waals surface area contributed by atoms with Gasteiger partial charge < -0.3 is 23.1 Å². The van der Waals surface area contributed by atoms with Crippen LogP contribution < -0.4 is 4.74 Å². The first kappa shape index (κ1) is 40.7. The smallest absolute Gasteiger partial charge is 0.388 e.